The Labute approximate surface area is 150 Å². The van der Waals surface area contributed by atoms with Crippen LogP contribution in [0.25, 0.3) is 0 Å². The van der Waals surface area contributed by atoms with E-state index < -0.39 is 0 Å². The second-order valence-electron chi connectivity index (χ2n) is 7.12. The minimum atomic E-state index is -0.383. The summed E-state index contributed by atoms with van der Waals surface area (Å²) in [6.07, 6.45) is 1.06. The fraction of sp³-hybridized carbons (Fsp3) is 0.300. The number of hydrogen-bond donors (Lipinski definition) is 0. The zero-order chi connectivity index (χ0) is 18.3. The number of anilines is 1. The van der Waals surface area contributed by atoms with Crippen LogP contribution in [0, 0.1) is 17.0 Å². The van der Waals surface area contributed by atoms with Crippen LogP contribution in [-0.2, 0) is 4.79 Å². The van der Waals surface area contributed by atoms with Crippen molar-refractivity contribution in [2.45, 2.75) is 12.8 Å². The fourth-order valence-electron chi connectivity index (χ4n) is 3.93. The number of benzene rings is 2. The summed E-state index contributed by atoms with van der Waals surface area (Å²) in [6.45, 7) is 1.50. The van der Waals surface area contributed by atoms with Crippen molar-refractivity contribution < 1.29 is 18.4 Å². The van der Waals surface area contributed by atoms with E-state index in [-0.39, 0.29) is 28.9 Å². The van der Waals surface area contributed by atoms with Gasteiger partial charge in [-0.3, -0.25) is 9.59 Å². The van der Waals surface area contributed by atoms with E-state index in [1.54, 1.807) is 21.9 Å². The zero-order valence-corrected chi connectivity index (χ0v) is 14.1. The molecule has 26 heavy (non-hydrogen) atoms. The number of halogens is 2. The van der Waals surface area contributed by atoms with Gasteiger partial charge >= 0.3 is 0 Å². The average molecular weight is 356 g/mol. The van der Waals surface area contributed by atoms with Crippen molar-refractivity contribution in [3.8, 4) is 0 Å². The summed E-state index contributed by atoms with van der Waals surface area (Å²) in [4.78, 5) is 28.4. The van der Waals surface area contributed by atoms with E-state index in [2.05, 4.69) is 0 Å². The van der Waals surface area contributed by atoms with Gasteiger partial charge in [-0.25, -0.2) is 8.78 Å². The van der Waals surface area contributed by atoms with E-state index >= 15 is 0 Å². The topological polar surface area (TPSA) is 40.6 Å². The molecule has 2 aliphatic heterocycles. The highest BCUT2D eigenvalue weighted by Gasteiger charge is 2.48. The quantitative estimate of drug-likeness (QED) is 0.829. The number of nitrogens with zero attached hydrogens (tertiary/aromatic N) is 2. The lowest BCUT2D eigenvalue weighted by atomic mass is 9.86. The smallest absolute Gasteiger partial charge is 0.253 e. The summed E-state index contributed by atoms with van der Waals surface area (Å²) in [7, 11) is 0. The molecule has 0 radical (unpaired) electrons. The summed E-state index contributed by atoms with van der Waals surface area (Å²) in [6, 6.07) is 11.5. The second kappa shape index (κ2) is 6.20. The summed E-state index contributed by atoms with van der Waals surface area (Å²) < 4.78 is 26.5. The Bertz CT molecular complexity index is 868. The van der Waals surface area contributed by atoms with Gasteiger partial charge in [-0.05, 0) is 48.9 Å². The molecule has 6 heteroatoms. The molecule has 2 amide bonds. The molecule has 0 bridgehead atoms. The molecular weight excluding hydrogens is 338 g/mol. The highest BCUT2D eigenvalue weighted by Crippen LogP contribution is 2.42. The fourth-order valence-corrected chi connectivity index (χ4v) is 3.93. The summed E-state index contributed by atoms with van der Waals surface area (Å²) in [5, 5.41) is 0. The van der Waals surface area contributed by atoms with Crippen molar-refractivity contribution in [2.75, 3.05) is 24.5 Å². The maximum absolute atomic E-state index is 13.5. The van der Waals surface area contributed by atoms with Crippen LogP contribution in [0.15, 0.2) is 48.5 Å². The normalized spacial score (nSPS) is 22.5. The van der Waals surface area contributed by atoms with E-state index in [9.17, 15) is 18.4 Å². The van der Waals surface area contributed by atoms with E-state index in [1.807, 2.05) is 0 Å². The SMILES string of the molecule is O=C(c1ccc(F)cc1)N1CC[C@@]2(CC(=O)N(c3cccc(F)c3)C2)C1. The van der Waals surface area contributed by atoms with Gasteiger partial charge in [0, 0.05) is 42.7 Å². The van der Waals surface area contributed by atoms with E-state index in [0.29, 0.717) is 37.3 Å². The molecule has 2 saturated heterocycles. The van der Waals surface area contributed by atoms with Crippen LogP contribution in [0.4, 0.5) is 14.5 Å². The van der Waals surface area contributed by atoms with E-state index in [1.165, 1.54) is 36.4 Å². The lowest BCUT2D eigenvalue weighted by Gasteiger charge is -2.24. The van der Waals surface area contributed by atoms with Gasteiger partial charge in [-0.2, -0.15) is 0 Å². The predicted molar refractivity (Wildman–Crippen MR) is 92.7 cm³/mol. The number of rotatable bonds is 2. The molecule has 0 aromatic heterocycles. The Balaban J connectivity index is 1.50. The van der Waals surface area contributed by atoms with Crippen LogP contribution in [0.3, 0.4) is 0 Å². The van der Waals surface area contributed by atoms with Crippen LogP contribution in [-0.4, -0.2) is 36.3 Å². The Morgan fingerprint density at radius 1 is 1.00 bits per heavy atom. The first-order chi connectivity index (χ1) is 12.5. The van der Waals surface area contributed by atoms with Gasteiger partial charge in [0.1, 0.15) is 11.6 Å². The molecule has 4 rings (SSSR count). The first-order valence-corrected chi connectivity index (χ1v) is 8.57. The van der Waals surface area contributed by atoms with Crippen molar-refractivity contribution in [1.82, 2.24) is 4.90 Å². The van der Waals surface area contributed by atoms with Crippen LogP contribution in [0.5, 0.6) is 0 Å². The molecule has 4 nitrogen and oxygen atoms in total. The van der Waals surface area contributed by atoms with Gasteiger partial charge < -0.3 is 9.80 Å². The molecule has 134 valence electrons. The third-order valence-electron chi connectivity index (χ3n) is 5.26. The second-order valence-corrected chi connectivity index (χ2v) is 7.12. The molecule has 0 saturated carbocycles. The monoisotopic (exact) mass is 356 g/mol. The Hall–Kier alpha value is -2.76. The maximum atomic E-state index is 13.5. The third-order valence-corrected chi connectivity index (χ3v) is 5.26. The highest BCUT2D eigenvalue weighted by atomic mass is 19.1. The Morgan fingerprint density at radius 2 is 1.77 bits per heavy atom. The van der Waals surface area contributed by atoms with Gasteiger partial charge in [0.05, 0.1) is 0 Å². The first-order valence-electron chi connectivity index (χ1n) is 8.57. The lowest BCUT2D eigenvalue weighted by Crippen LogP contribution is -2.34. The van der Waals surface area contributed by atoms with Gasteiger partial charge in [-0.1, -0.05) is 6.07 Å². The van der Waals surface area contributed by atoms with E-state index in [4.69, 9.17) is 0 Å². The van der Waals surface area contributed by atoms with Gasteiger partial charge in [0.25, 0.3) is 5.91 Å². The third kappa shape index (κ3) is 2.96. The summed E-state index contributed by atoms with van der Waals surface area (Å²) >= 11 is 0. The van der Waals surface area contributed by atoms with Crippen LogP contribution in [0.1, 0.15) is 23.2 Å². The van der Waals surface area contributed by atoms with E-state index in [0.717, 1.165) is 6.42 Å². The first kappa shape index (κ1) is 16.7. The van der Waals surface area contributed by atoms with Gasteiger partial charge in [0.2, 0.25) is 5.91 Å². The molecule has 2 heterocycles. The van der Waals surface area contributed by atoms with Crippen molar-refractivity contribution >= 4 is 17.5 Å². The molecule has 2 aliphatic rings. The number of carbonyl (C=O) groups is 2. The minimum Gasteiger partial charge on any atom is -0.338 e. The van der Waals surface area contributed by atoms with Gasteiger partial charge in [0.15, 0.2) is 0 Å². The van der Waals surface area contributed by atoms with Crippen LogP contribution < -0.4 is 4.90 Å². The molecule has 0 unspecified atom stereocenters. The number of carbonyl (C=O) groups excluding carboxylic acids is 2. The minimum absolute atomic E-state index is 0.0494. The largest absolute Gasteiger partial charge is 0.338 e. The van der Waals surface area contributed by atoms with Crippen LogP contribution in [0.2, 0.25) is 0 Å². The van der Waals surface area contributed by atoms with Crippen molar-refractivity contribution in [2.24, 2.45) is 5.41 Å². The molecule has 2 aromatic rings. The number of amides is 2. The van der Waals surface area contributed by atoms with Crippen LogP contribution >= 0.6 is 0 Å². The Morgan fingerprint density at radius 3 is 2.50 bits per heavy atom. The standard InChI is InChI=1S/C20H18F2N2O2/c21-15-6-4-14(5-7-15)19(26)23-9-8-20(12-23)11-18(25)24(13-20)17-3-1-2-16(22)10-17/h1-7,10H,8-9,11-13H2/t20-/m1/s1. The average Bonchev–Trinajstić information content (AvgIpc) is 3.18. The Kier molecular flexibility index (Phi) is 3.98. The lowest BCUT2D eigenvalue weighted by molar-refractivity contribution is -0.117. The predicted octanol–water partition coefficient (Wildman–Crippen LogP) is 3.23. The number of hydrogen-bond acceptors (Lipinski definition) is 2. The summed E-state index contributed by atoms with van der Waals surface area (Å²) in [5.74, 6) is -0.965. The molecule has 0 aliphatic carbocycles. The molecule has 2 aromatic carbocycles. The van der Waals surface area contributed by atoms with Gasteiger partial charge in [-0.15, -0.1) is 0 Å². The summed E-state index contributed by atoms with van der Waals surface area (Å²) in [5.41, 5.74) is 0.684. The zero-order valence-electron chi connectivity index (χ0n) is 14.1. The van der Waals surface area contributed by atoms with Crippen molar-refractivity contribution in [1.29, 1.82) is 0 Å². The number of likely N-dealkylation sites (tertiary alicyclic amines) is 1. The maximum Gasteiger partial charge on any atom is 0.253 e. The molecule has 1 atom stereocenters. The molecular formula is C20H18F2N2O2. The highest BCUT2D eigenvalue weighted by molar-refractivity contribution is 5.97. The molecule has 1 spiro atoms. The molecule has 2 fully saturated rings. The molecule has 0 N–H and O–H groups in total. The van der Waals surface area contributed by atoms with Crippen molar-refractivity contribution in [3.05, 3.63) is 65.7 Å². The van der Waals surface area contributed by atoms with Crippen molar-refractivity contribution in [3.63, 3.8) is 0 Å².